The van der Waals surface area contributed by atoms with Gasteiger partial charge in [0, 0.05) is 31.6 Å². The van der Waals surface area contributed by atoms with Gasteiger partial charge in [-0.05, 0) is 63.6 Å². The van der Waals surface area contributed by atoms with Crippen LogP contribution >= 0.6 is 0 Å². The van der Waals surface area contributed by atoms with E-state index < -0.39 is 0 Å². The number of rotatable bonds is 3. The van der Waals surface area contributed by atoms with Crippen molar-refractivity contribution in [1.29, 1.82) is 0 Å². The Kier molecular flexibility index (Phi) is 4.43. The van der Waals surface area contributed by atoms with Crippen molar-refractivity contribution in [3.8, 4) is 11.4 Å². The lowest BCUT2D eigenvalue weighted by Crippen LogP contribution is -2.44. The molecule has 0 bridgehead atoms. The molecule has 1 atom stereocenters. The van der Waals surface area contributed by atoms with Crippen LogP contribution in [0.4, 0.5) is 5.82 Å². The Labute approximate surface area is 175 Å². The van der Waals surface area contributed by atoms with Gasteiger partial charge in [0.25, 0.3) is 0 Å². The number of hydrogen-bond donors (Lipinski definition) is 1. The quantitative estimate of drug-likeness (QED) is 0.552. The van der Waals surface area contributed by atoms with E-state index in [0.29, 0.717) is 17.6 Å². The van der Waals surface area contributed by atoms with Crippen molar-refractivity contribution in [1.82, 2.24) is 25.3 Å². The Morgan fingerprint density at radius 3 is 2.40 bits per heavy atom. The first-order valence-corrected chi connectivity index (χ1v) is 10.4. The molecule has 0 saturated carbocycles. The number of aromatic nitrogens is 4. The van der Waals surface area contributed by atoms with Crippen LogP contribution in [-0.4, -0.2) is 44.6 Å². The first-order chi connectivity index (χ1) is 14.3. The molecule has 1 fully saturated rings. The minimum absolute atomic E-state index is 0.124. The molecule has 4 aromatic rings. The highest BCUT2D eigenvalue weighted by molar-refractivity contribution is 5.80. The van der Waals surface area contributed by atoms with E-state index in [-0.39, 0.29) is 5.54 Å². The maximum Gasteiger partial charge on any atom is 0.247 e. The van der Waals surface area contributed by atoms with Crippen LogP contribution in [0, 0.1) is 6.92 Å². The first-order valence-electron chi connectivity index (χ1n) is 10.4. The molecule has 7 heteroatoms. The number of nitrogens with one attached hydrogen (secondary N) is 1. The van der Waals surface area contributed by atoms with Crippen molar-refractivity contribution < 1.29 is 4.42 Å². The molecule has 0 aliphatic carbocycles. The second-order valence-electron chi connectivity index (χ2n) is 8.98. The van der Waals surface area contributed by atoms with Gasteiger partial charge >= 0.3 is 0 Å². The van der Waals surface area contributed by atoms with E-state index in [1.807, 2.05) is 37.3 Å². The second kappa shape index (κ2) is 7.02. The Bertz CT molecular complexity index is 1230. The average Bonchev–Trinajstić information content (AvgIpc) is 3.30. The lowest BCUT2D eigenvalue weighted by atomic mass is 10.1. The second-order valence-corrected chi connectivity index (χ2v) is 8.98. The standard InChI is InChI=1S/C23H26N6O/c1-14-24-20-8-7-19(27-22(20)30-14)16-5-6-18-17(25-16)9-10-21(26-18)29-12-11-15(13-29)28-23(2,3)4/h5-10,15,28H,11-13H2,1-4H3/t15-/m1/s1. The van der Waals surface area contributed by atoms with E-state index in [9.17, 15) is 0 Å². The van der Waals surface area contributed by atoms with Crippen LogP contribution in [0.2, 0.25) is 0 Å². The Hall–Kier alpha value is -3.06. The maximum absolute atomic E-state index is 5.56. The van der Waals surface area contributed by atoms with E-state index in [4.69, 9.17) is 14.4 Å². The maximum atomic E-state index is 5.56. The Morgan fingerprint density at radius 2 is 1.60 bits per heavy atom. The molecule has 7 nitrogen and oxygen atoms in total. The summed E-state index contributed by atoms with van der Waals surface area (Å²) in [5, 5.41) is 3.69. The van der Waals surface area contributed by atoms with Gasteiger partial charge in [-0.2, -0.15) is 0 Å². The molecule has 1 aliphatic rings. The summed E-state index contributed by atoms with van der Waals surface area (Å²) >= 11 is 0. The van der Waals surface area contributed by atoms with Crippen LogP contribution in [-0.2, 0) is 0 Å². The number of anilines is 1. The topological polar surface area (TPSA) is 80.0 Å². The molecule has 1 N–H and O–H groups in total. The molecule has 154 valence electrons. The first kappa shape index (κ1) is 18.9. The monoisotopic (exact) mass is 402 g/mol. The molecule has 1 saturated heterocycles. The van der Waals surface area contributed by atoms with Gasteiger partial charge in [-0.25, -0.2) is 19.9 Å². The van der Waals surface area contributed by atoms with Crippen LogP contribution in [0.3, 0.4) is 0 Å². The van der Waals surface area contributed by atoms with Crippen molar-refractivity contribution in [3.05, 3.63) is 42.3 Å². The fraction of sp³-hybridized carbons (Fsp3) is 0.391. The number of pyridine rings is 3. The zero-order valence-electron chi connectivity index (χ0n) is 17.8. The van der Waals surface area contributed by atoms with Gasteiger partial charge in [0.15, 0.2) is 5.89 Å². The molecule has 0 aromatic carbocycles. The Balaban J connectivity index is 1.40. The van der Waals surface area contributed by atoms with Crippen LogP contribution in [0.25, 0.3) is 33.7 Å². The Morgan fingerprint density at radius 1 is 0.900 bits per heavy atom. The van der Waals surface area contributed by atoms with Crippen molar-refractivity contribution in [2.75, 3.05) is 18.0 Å². The smallest absolute Gasteiger partial charge is 0.247 e. The highest BCUT2D eigenvalue weighted by Gasteiger charge is 2.26. The summed E-state index contributed by atoms with van der Waals surface area (Å²) < 4.78 is 5.56. The molecule has 5 rings (SSSR count). The lowest BCUT2D eigenvalue weighted by molar-refractivity contribution is 0.373. The molecule has 30 heavy (non-hydrogen) atoms. The lowest BCUT2D eigenvalue weighted by Gasteiger charge is -2.26. The molecular weight excluding hydrogens is 376 g/mol. The minimum Gasteiger partial charge on any atom is -0.423 e. The van der Waals surface area contributed by atoms with Gasteiger partial charge in [0.05, 0.1) is 22.4 Å². The SMILES string of the molecule is Cc1nc2ccc(-c3ccc4nc(N5CC[C@@H](NC(C)(C)C)C5)ccc4n3)nc2o1. The van der Waals surface area contributed by atoms with Crippen LogP contribution in [0.15, 0.2) is 40.8 Å². The van der Waals surface area contributed by atoms with Gasteiger partial charge in [-0.15, -0.1) is 0 Å². The minimum atomic E-state index is 0.124. The molecule has 0 spiro atoms. The fourth-order valence-electron chi connectivity index (χ4n) is 4.08. The predicted octanol–water partition coefficient (Wildman–Crippen LogP) is 4.11. The van der Waals surface area contributed by atoms with Crippen molar-refractivity contribution in [2.45, 2.75) is 45.7 Å². The summed E-state index contributed by atoms with van der Waals surface area (Å²) in [5.74, 6) is 1.62. The number of hydrogen-bond acceptors (Lipinski definition) is 7. The van der Waals surface area contributed by atoms with Crippen LogP contribution in [0.1, 0.15) is 33.1 Å². The third-order valence-corrected chi connectivity index (χ3v) is 5.30. The molecular formula is C23H26N6O. The summed E-state index contributed by atoms with van der Waals surface area (Å²) in [6.45, 7) is 10.4. The van der Waals surface area contributed by atoms with Gasteiger partial charge < -0.3 is 14.6 Å². The zero-order chi connectivity index (χ0) is 20.9. The summed E-state index contributed by atoms with van der Waals surface area (Å²) in [4.78, 5) is 20.8. The number of fused-ring (bicyclic) bond motifs is 2. The molecule has 4 aromatic heterocycles. The summed E-state index contributed by atoms with van der Waals surface area (Å²) in [6.07, 6.45) is 1.13. The van der Waals surface area contributed by atoms with Gasteiger partial charge in [0.1, 0.15) is 11.3 Å². The summed E-state index contributed by atoms with van der Waals surface area (Å²) in [5.41, 5.74) is 4.72. The highest BCUT2D eigenvalue weighted by Crippen LogP contribution is 2.25. The number of nitrogens with zero attached hydrogens (tertiary/aromatic N) is 5. The average molecular weight is 403 g/mol. The van der Waals surface area contributed by atoms with E-state index >= 15 is 0 Å². The van der Waals surface area contributed by atoms with Gasteiger partial charge in [-0.3, -0.25) is 0 Å². The normalized spacial score (nSPS) is 17.3. The largest absolute Gasteiger partial charge is 0.423 e. The molecule has 0 amide bonds. The van der Waals surface area contributed by atoms with Crippen LogP contribution in [0.5, 0.6) is 0 Å². The molecule has 0 unspecified atom stereocenters. The van der Waals surface area contributed by atoms with E-state index in [2.05, 4.69) is 47.0 Å². The van der Waals surface area contributed by atoms with E-state index in [1.54, 1.807) is 0 Å². The third kappa shape index (κ3) is 3.73. The van der Waals surface area contributed by atoms with E-state index in [0.717, 1.165) is 53.3 Å². The molecule has 1 aliphatic heterocycles. The predicted molar refractivity (Wildman–Crippen MR) is 119 cm³/mol. The fourth-order valence-corrected chi connectivity index (χ4v) is 4.08. The highest BCUT2D eigenvalue weighted by atomic mass is 16.4. The summed E-state index contributed by atoms with van der Waals surface area (Å²) in [7, 11) is 0. The van der Waals surface area contributed by atoms with Crippen LogP contribution < -0.4 is 10.2 Å². The van der Waals surface area contributed by atoms with Crippen molar-refractivity contribution in [2.24, 2.45) is 0 Å². The molecule has 5 heterocycles. The van der Waals surface area contributed by atoms with Crippen molar-refractivity contribution >= 4 is 28.1 Å². The van der Waals surface area contributed by atoms with Gasteiger partial charge in [-0.1, -0.05) is 0 Å². The number of aryl methyl sites for hydroxylation is 1. The molecule has 0 radical (unpaired) electrons. The number of oxazole rings is 1. The van der Waals surface area contributed by atoms with Gasteiger partial charge in [0.2, 0.25) is 5.71 Å². The zero-order valence-corrected chi connectivity index (χ0v) is 17.8. The van der Waals surface area contributed by atoms with Crippen molar-refractivity contribution in [3.63, 3.8) is 0 Å². The van der Waals surface area contributed by atoms with E-state index in [1.165, 1.54) is 0 Å². The third-order valence-electron chi connectivity index (χ3n) is 5.30. The summed E-state index contributed by atoms with van der Waals surface area (Å²) in [6, 6.07) is 12.4.